The first kappa shape index (κ1) is 44.9. The van der Waals surface area contributed by atoms with Gasteiger partial charge in [0, 0.05) is 0 Å². The third kappa shape index (κ3) is 18.3. The number of ether oxygens (including phenoxy) is 3. The zero-order valence-corrected chi connectivity index (χ0v) is 32.6. The predicted octanol–water partition coefficient (Wildman–Crippen LogP) is 8.66. The molecule has 0 rings (SSSR count). The van der Waals surface area contributed by atoms with Gasteiger partial charge in [0.1, 0.15) is 11.7 Å². The molecule has 11 heteroatoms. The molecule has 0 aromatic carbocycles. The number of carbonyl (C=O) groups is 4. The topological polar surface area (TPSA) is 137 Å². The summed E-state index contributed by atoms with van der Waals surface area (Å²) in [6.45, 7) is 18.9. The molecule has 0 aliphatic carbocycles. The molecule has 0 spiro atoms. The van der Waals surface area contributed by atoms with Gasteiger partial charge in [-0.3, -0.25) is 4.79 Å². The van der Waals surface area contributed by atoms with E-state index in [-0.39, 0.29) is 5.92 Å². The van der Waals surface area contributed by atoms with Gasteiger partial charge in [-0.2, -0.15) is 0 Å². The number of carboxylic acid groups (broad SMARTS) is 1. The minimum Gasteiger partial charge on any atom is -0.481 e. The summed E-state index contributed by atoms with van der Waals surface area (Å²) in [5, 5.41) is 12.4. The minimum absolute atomic E-state index is 0.277. The van der Waals surface area contributed by atoms with E-state index in [0.29, 0.717) is 24.6 Å². The van der Waals surface area contributed by atoms with Gasteiger partial charge in [-0.05, 0) is 64.1 Å². The normalized spacial score (nSPS) is 15.3. The van der Waals surface area contributed by atoms with Crippen molar-refractivity contribution in [3.05, 3.63) is 0 Å². The van der Waals surface area contributed by atoms with Crippen molar-refractivity contribution in [1.29, 1.82) is 0 Å². The number of carbonyl (C=O) groups excluding carboxylic acids is 3. The second kappa shape index (κ2) is 23.3. The smallest absolute Gasteiger partial charge is 0.408 e. The van der Waals surface area contributed by atoms with Crippen LogP contribution in [0.15, 0.2) is 0 Å². The molecule has 0 unspecified atom stereocenters. The van der Waals surface area contributed by atoms with E-state index in [0.717, 1.165) is 25.2 Å². The first-order valence-electron chi connectivity index (χ1n) is 18.2. The zero-order valence-electron chi connectivity index (χ0n) is 31.6. The van der Waals surface area contributed by atoms with Gasteiger partial charge in [0.15, 0.2) is 20.5 Å². The van der Waals surface area contributed by atoms with Crippen LogP contribution in [0.5, 0.6) is 0 Å². The highest BCUT2D eigenvalue weighted by Gasteiger charge is 2.45. The minimum atomic E-state index is -2.51. The first-order valence-corrected chi connectivity index (χ1v) is 20.7. The number of unbranched alkanes of at least 4 members (excludes halogenated alkanes) is 8. The number of hydrogen-bond donors (Lipinski definition) is 2. The van der Waals surface area contributed by atoms with Crippen LogP contribution in [0.4, 0.5) is 4.79 Å². The molecule has 47 heavy (non-hydrogen) atoms. The number of hydrogen-bond acceptors (Lipinski definition) is 8. The number of rotatable bonds is 25. The maximum Gasteiger partial charge on any atom is 0.408 e. The Bertz CT molecular complexity index is 908. The fourth-order valence-electron chi connectivity index (χ4n) is 5.81. The highest BCUT2D eigenvalue weighted by atomic mass is 28.4. The number of alkyl carbamates (subject to hydrolysis) is 1. The second-order valence-electron chi connectivity index (χ2n) is 14.6. The predicted molar refractivity (Wildman–Crippen MR) is 189 cm³/mol. The van der Waals surface area contributed by atoms with E-state index in [1.807, 2.05) is 27.7 Å². The summed E-state index contributed by atoms with van der Waals surface area (Å²) >= 11 is 0. The summed E-state index contributed by atoms with van der Waals surface area (Å²) in [6.07, 6.45) is 9.11. The van der Waals surface area contributed by atoms with Gasteiger partial charge in [-0.15, -0.1) is 0 Å². The van der Waals surface area contributed by atoms with E-state index >= 15 is 0 Å². The molecular weight excluding hydrogens is 618 g/mol. The molecule has 10 nitrogen and oxygen atoms in total. The fraction of sp³-hybridized carbons (Fsp3) is 0.889. The molecule has 0 bridgehead atoms. The number of amides is 1. The number of esters is 2. The number of carboxylic acids is 1. The molecule has 0 fully saturated rings. The molecule has 276 valence electrons. The van der Waals surface area contributed by atoms with Crippen LogP contribution in [-0.2, 0) is 33.0 Å². The summed E-state index contributed by atoms with van der Waals surface area (Å²) in [7, 11) is -1.32. The molecule has 0 radical (unpaired) electrons. The SMILES string of the molecule is CC[Si](CC)(CC)O[C@H](C(=O)OC)[C@H](NC(=O)OC(C)(C)C)C(=O)O[C@@H]([C@H](C)CCCCCCCCCCCC(C)C)[C@H](C)C(=O)O. The Morgan fingerprint density at radius 1 is 0.745 bits per heavy atom. The van der Waals surface area contributed by atoms with Crippen LogP contribution in [0.2, 0.25) is 18.1 Å². The van der Waals surface area contributed by atoms with Crippen molar-refractivity contribution < 1.29 is 42.9 Å². The van der Waals surface area contributed by atoms with Crippen LogP contribution >= 0.6 is 0 Å². The molecule has 2 N–H and O–H groups in total. The molecule has 0 saturated heterocycles. The van der Waals surface area contributed by atoms with Crippen molar-refractivity contribution in [1.82, 2.24) is 5.32 Å². The van der Waals surface area contributed by atoms with E-state index in [2.05, 4.69) is 19.2 Å². The Morgan fingerprint density at radius 2 is 1.21 bits per heavy atom. The van der Waals surface area contributed by atoms with E-state index in [1.165, 1.54) is 59.0 Å². The fourth-order valence-corrected chi connectivity index (χ4v) is 8.58. The van der Waals surface area contributed by atoms with E-state index < -0.39 is 62.1 Å². The third-order valence-electron chi connectivity index (χ3n) is 9.11. The van der Waals surface area contributed by atoms with Crippen LogP contribution in [0.25, 0.3) is 0 Å². The maximum atomic E-state index is 13.9. The zero-order chi connectivity index (χ0) is 36.2. The molecule has 5 atom stereocenters. The van der Waals surface area contributed by atoms with E-state index in [4.69, 9.17) is 18.6 Å². The Hall–Kier alpha value is -2.14. The summed E-state index contributed by atoms with van der Waals surface area (Å²) in [5.74, 6) is -3.41. The molecule has 0 aromatic rings. The molecule has 0 aliphatic heterocycles. The first-order chi connectivity index (χ1) is 22.0. The van der Waals surface area contributed by atoms with Gasteiger partial charge < -0.3 is 29.1 Å². The number of methoxy groups -OCH3 is 1. The highest BCUT2D eigenvalue weighted by Crippen LogP contribution is 2.28. The Morgan fingerprint density at radius 3 is 1.62 bits per heavy atom. The van der Waals surface area contributed by atoms with Gasteiger partial charge >= 0.3 is 24.0 Å². The lowest BCUT2D eigenvalue weighted by molar-refractivity contribution is -0.170. The third-order valence-corrected chi connectivity index (χ3v) is 13.7. The number of nitrogens with one attached hydrogen (secondary N) is 1. The number of aliphatic carboxylic acids is 1. The standard InChI is InChI=1S/C36H69NO9Si/c1-12-47(13-2,14-3)46-31(34(41)43-11)29(37-35(42)45-36(8,9)10)33(40)44-30(28(7)32(38)39)27(6)25-23-21-19-17-15-16-18-20-22-24-26(4)5/h26-31H,12-25H2,1-11H3,(H,37,42)(H,38,39)/t27-,28+,29+,30+,31+/m1/s1. The Kier molecular flexibility index (Phi) is 22.2. The molecule has 0 heterocycles. The van der Waals surface area contributed by atoms with Crippen LogP contribution in [0, 0.1) is 17.8 Å². The average Bonchev–Trinajstić information content (AvgIpc) is 3.00. The summed E-state index contributed by atoms with van der Waals surface area (Å²) < 4.78 is 22.8. The maximum absolute atomic E-state index is 13.9. The summed E-state index contributed by atoms with van der Waals surface area (Å²) in [6, 6.07) is 0.427. The van der Waals surface area contributed by atoms with E-state index in [1.54, 1.807) is 20.8 Å². The lowest BCUT2D eigenvalue weighted by Gasteiger charge is -2.36. The van der Waals surface area contributed by atoms with Gasteiger partial charge in [0.25, 0.3) is 0 Å². The quantitative estimate of drug-likeness (QED) is 0.0418. The second-order valence-corrected chi connectivity index (χ2v) is 19.3. The van der Waals surface area contributed by atoms with Crippen molar-refractivity contribution in [3.8, 4) is 0 Å². The Labute approximate surface area is 286 Å². The van der Waals surface area contributed by atoms with Gasteiger partial charge in [0.05, 0.1) is 13.0 Å². The van der Waals surface area contributed by atoms with Crippen molar-refractivity contribution in [3.63, 3.8) is 0 Å². The van der Waals surface area contributed by atoms with Crippen LogP contribution in [0.3, 0.4) is 0 Å². The molecule has 0 aromatic heterocycles. The monoisotopic (exact) mass is 687 g/mol. The van der Waals surface area contributed by atoms with Crippen molar-refractivity contribution in [2.75, 3.05) is 7.11 Å². The molecule has 1 amide bonds. The van der Waals surface area contributed by atoms with Gasteiger partial charge in [-0.1, -0.05) is 106 Å². The average molecular weight is 688 g/mol. The molecule has 0 saturated carbocycles. The molecule has 0 aliphatic rings. The van der Waals surface area contributed by atoms with Gasteiger partial charge in [-0.25, -0.2) is 14.4 Å². The van der Waals surface area contributed by atoms with Crippen LogP contribution < -0.4 is 5.32 Å². The summed E-state index contributed by atoms with van der Waals surface area (Å²) in [5.41, 5.74) is -0.878. The highest BCUT2D eigenvalue weighted by molar-refractivity contribution is 6.73. The van der Waals surface area contributed by atoms with Crippen LogP contribution in [0.1, 0.15) is 140 Å². The summed E-state index contributed by atoms with van der Waals surface area (Å²) in [4.78, 5) is 52.1. The van der Waals surface area contributed by atoms with Crippen molar-refractivity contribution in [2.45, 2.75) is 182 Å². The largest absolute Gasteiger partial charge is 0.481 e. The van der Waals surface area contributed by atoms with Crippen molar-refractivity contribution >= 4 is 32.3 Å². The lowest BCUT2D eigenvalue weighted by atomic mass is 9.89. The molecular formula is C36H69NO9Si. The van der Waals surface area contributed by atoms with Gasteiger partial charge in [0.2, 0.25) is 0 Å². The Balaban J connectivity index is 5.76. The van der Waals surface area contributed by atoms with E-state index in [9.17, 15) is 24.3 Å². The van der Waals surface area contributed by atoms with Crippen molar-refractivity contribution in [2.24, 2.45) is 17.8 Å². The van der Waals surface area contributed by atoms with Crippen LogP contribution in [-0.4, -0.2) is 68.4 Å². The lowest BCUT2D eigenvalue weighted by Crippen LogP contribution is -2.59.